The van der Waals surface area contributed by atoms with Crippen LogP contribution in [0.3, 0.4) is 0 Å². The maximum atomic E-state index is 11.5. The number of hydrogen-bond acceptors (Lipinski definition) is 4. The molecule has 0 aromatic carbocycles. The van der Waals surface area contributed by atoms with Crippen LogP contribution in [0, 0.1) is 11.3 Å². The summed E-state index contributed by atoms with van der Waals surface area (Å²) >= 11 is 0. The van der Waals surface area contributed by atoms with Crippen LogP contribution in [0.1, 0.15) is 29.2 Å². The highest BCUT2D eigenvalue weighted by Crippen LogP contribution is 2.10. The van der Waals surface area contributed by atoms with Gasteiger partial charge >= 0.3 is 5.97 Å². The Morgan fingerprint density at radius 3 is 2.88 bits per heavy atom. The SMILES string of the molecule is N#CCCCS(=O)Cc1ccc(C(=O)O)o1. The van der Waals surface area contributed by atoms with Crippen LogP contribution in [0.5, 0.6) is 0 Å². The van der Waals surface area contributed by atoms with E-state index in [1.165, 1.54) is 12.1 Å². The smallest absolute Gasteiger partial charge is 0.371 e. The molecule has 0 saturated heterocycles. The lowest BCUT2D eigenvalue weighted by molar-refractivity contribution is 0.0661. The molecule has 0 saturated carbocycles. The number of aromatic carboxylic acids is 1. The summed E-state index contributed by atoms with van der Waals surface area (Å²) < 4.78 is 16.4. The first-order valence-corrected chi connectivity index (χ1v) is 6.16. The first-order chi connectivity index (χ1) is 7.63. The van der Waals surface area contributed by atoms with Gasteiger partial charge in [0.15, 0.2) is 0 Å². The normalized spacial score (nSPS) is 11.9. The number of nitrogens with zero attached hydrogens (tertiary/aromatic N) is 1. The molecule has 0 aliphatic carbocycles. The number of hydrogen-bond donors (Lipinski definition) is 1. The molecule has 1 aromatic rings. The molecule has 0 spiro atoms. The van der Waals surface area contributed by atoms with E-state index in [1.54, 1.807) is 0 Å². The molecule has 86 valence electrons. The molecule has 0 aliphatic rings. The van der Waals surface area contributed by atoms with Crippen LogP contribution >= 0.6 is 0 Å². The quantitative estimate of drug-likeness (QED) is 0.762. The van der Waals surface area contributed by atoms with Gasteiger partial charge in [-0.2, -0.15) is 5.26 Å². The minimum Gasteiger partial charge on any atom is -0.475 e. The third-order valence-electron chi connectivity index (χ3n) is 1.84. The van der Waals surface area contributed by atoms with Crippen LogP contribution in [0.4, 0.5) is 0 Å². The third kappa shape index (κ3) is 3.87. The highest BCUT2D eigenvalue weighted by molar-refractivity contribution is 7.84. The Morgan fingerprint density at radius 1 is 1.56 bits per heavy atom. The Bertz CT molecular complexity index is 432. The van der Waals surface area contributed by atoms with Gasteiger partial charge in [-0.15, -0.1) is 0 Å². The van der Waals surface area contributed by atoms with Gasteiger partial charge in [0, 0.05) is 23.0 Å². The number of nitriles is 1. The zero-order valence-corrected chi connectivity index (χ0v) is 9.33. The molecular weight excluding hydrogens is 230 g/mol. The standard InChI is InChI=1S/C10H11NO4S/c11-5-1-2-6-16(14)7-8-3-4-9(15-8)10(12)13/h3-4H,1-2,6-7H2,(H,12,13). The van der Waals surface area contributed by atoms with E-state index < -0.39 is 16.8 Å². The fourth-order valence-corrected chi connectivity index (χ4v) is 2.20. The lowest BCUT2D eigenvalue weighted by atomic mass is 10.4. The van der Waals surface area contributed by atoms with Crippen molar-refractivity contribution in [2.24, 2.45) is 0 Å². The van der Waals surface area contributed by atoms with E-state index in [-0.39, 0.29) is 11.5 Å². The molecular formula is C10H11NO4S. The van der Waals surface area contributed by atoms with Crippen molar-refractivity contribution >= 4 is 16.8 Å². The summed E-state index contributed by atoms with van der Waals surface area (Å²) in [5.41, 5.74) is 0. The first kappa shape index (κ1) is 12.5. The number of carbonyl (C=O) groups is 1. The lowest BCUT2D eigenvalue weighted by Crippen LogP contribution is -2.00. The van der Waals surface area contributed by atoms with E-state index >= 15 is 0 Å². The van der Waals surface area contributed by atoms with Crippen molar-refractivity contribution in [2.45, 2.75) is 18.6 Å². The van der Waals surface area contributed by atoms with Crippen molar-refractivity contribution in [1.82, 2.24) is 0 Å². The molecule has 0 fully saturated rings. The molecule has 0 aliphatic heterocycles. The second kappa shape index (κ2) is 6.08. The minimum atomic E-state index is -1.14. The van der Waals surface area contributed by atoms with E-state index in [4.69, 9.17) is 14.8 Å². The second-order valence-electron chi connectivity index (χ2n) is 3.12. The van der Waals surface area contributed by atoms with Crippen molar-refractivity contribution in [2.75, 3.05) is 5.75 Å². The molecule has 1 unspecified atom stereocenters. The molecule has 16 heavy (non-hydrogen) atoms. The summed E-state index contributed by atoms with van der Waals surface area (Å²) in [6.07, 6.45) is 0.958. The average molecular weight is 241 g/mol. The second-order valence-corrected chi connectivity index (χ2v) is 4.70. The molecule has 0 amide bonds. The van der Waals surface area contributed by atoms with Crippen LogP contribution in [0.2, 0.25) is 0 Å². The van der Waals surface area contributed by atoms with Gasteiger partial charge < -0.3 is 9.52 Å². The predicted octanol–water partition coefficient (Wildman–Crippen LogP) is 1.53. The van der Waals surface area contributed by atoms with Crippen LogP contribution in [0.25, 0.3) is 0 Å². The fraction of sp³-hybridized carbons (Fsp3) is 0.400. The zero-order valence-electron chi connectivity index (χ0n) is 8.51. The van der Waals surface area contributed by atoms with Gasteiger partial charge in [0.2, 0.25) is 5.76 Å². The molecule has 1 heterocycles. The van der Waals surface area contributed by atoms with Crippen molar-refractivity contribution < 1.29 is 18.5 Å². The summed E-state index contributed by atoms with van der Waals surface area (Å²) in [5.74, 6) is -0.270. The summed E-state index contributed by atoms with van der Waals surface area (Å²) in [6, 6.07) is 4.81. The summed E-state index contributed by atoms with van der Waals surface area (Å²) in [6.45, 7) is 0. The van der Waals surface area contributed by atoms with Crippen LogP contribution in [0.15, 0.2) is 16.5 Å². The Morgan fingerprint density at radius 2 is 2.31 bits per heavy atom. The molecule has 6 heteroatoms. The summed E-state index contributed by atoms with van der Waals surface area (Å²) in [7, 11) is -1.11. The van der Waals surface area contributed by atoms with Gasteiger partial charge in [-0.1, -0.05) is 0 Å². The third-order valence-corrected chi connectivity index (χ3v) is 3.19. The summed E-state index contributed by atoms with van der Waals surface area (Å²) in [5, 5.41) is 16.9. The number of rotatable bonds is 6. The maximum Gasteiger partial charge on any atom is 0.371 e. The molecule has 1 atom stereocenters. The van der Waals surface area contributed by atoms with Crippen molar-refractivity contribution in [3.05, 3.63) is 23.7 Å². The summed E-state index contributed by atoms with van der Waals surface area (Å²) in [4.78, 5) is 10.5. The van der Waals surface area contributed by atoms with Crippen molar-refractivity contribution in [1.29, 1.82) is 5.26 Å². The van der Waals surface area contributed by atoms with Crippen molar-refractivity contribution in [3.63, 3.8) is 0 Å². The molecule has 1 N–H and O–H groups in total. The highest BCUT2D eigenvalue weighted by atomic mass is 32.2. The van der Waals surface area contributed by atoms with E-state index in [9.17, 15) is 9.00 Å². The van der Waals surface area contributed by atoms with Gasteiger partial charge in [-0.05, 0) is 18.6 Å². The predicted molar refractivity (Wildman–Crippen MR) is 57.2 cm³/mol. The molecule has 1 rings (SSSR count). The van der Waals surface area contributed by atoms with Crippen LogP contribution in [-0.4, -0.2) is 21.0 Å². The number of furan rings is 1. The minimum absolute atomic E-state index is 0.149. The molecule has 0 bridgehead atoms. The van der Waals surface area contributed by atoms with Crippen LogP contribution < -0.4 is 0 Å². The molecule has 5 nitrogen and oxygen atoms in total. The molecule has 0 radical (unpaired) electrons. The monoisotopic (exact) mass is 241 g/mol. The first-order valence-electron chi connectivity index (χ1n) is 4.67. The number of carboxylic acid groups (broad SMARTS) is 1. The van der Waals surface area contributed by atoms with E-state index in [1.807, 2.05) is 6.07 Å². The fourth-order valence-electron chi connectivity index (χ4n) is 1.11. The Labute approximate surface area is 95.1 Å². The van der Waals surface area contributed by atoms with E-state index in [0.29, 0.717) is 24.4 Å². The van der Waals surface area contributed by atoms with Gasteiger partial charge in [0.1, 0.15) is 5.76 Å². The zero-order chi connectivity index (χ0) is 12.0. The Balaban J connectivity index is 2.44. The Kier molecular flexibility index (Phi) is 4.73. The van der Waals surface area contributed by atoms with E-state index in [0.717, 1.165) is 0 Å². The van der Waals surface area contributed by atoms with Gasteiger partial charge in [0.05, 0.1) is 11.8 Å². The highest BCUT2D eigenvalue weighted by Gasteiger charge is 2.10. The van der Waals surface area contributed by atoms with Crippen molar-refractivity contribution in [3.8, 4) is 6.07 Å². The topological polar surface area (TPSA) is 91.3 Å². The average Bonchev–Trinajstić information content (AvgIpc) is 2.66. The lowest BCUT2D eigenvalue weighted by Gasteiger charge is -1.97. The van der Waals surface area contributed by atoms with Crippen LogP contribution in [-0.2, 0) is 16.6 Å². The largest absolute Gasteiger partial charge is 0.475 e. The van der Waals surface area contributed by atoms with Gasteiger partial charge in [-0.25, -0.2) is 4.79 Å². The van der Waals surface area contributed by atoms with Gasteiger partial charge in [-0.3, -0.25) is 4.21 Å². The number of carboxylic acids is 1. The number of unbranched alkanes of at least 4 members (excludes halogenated alkanes) is 1. The Hall–Kier alpha value is -1.61. The van der Waals surface area contributed by atoms with E-state index in [2.05, 4.69) is 0 Å². The maximum absolute atomic E-state index is 11.5. The van der Waals surface area contributed by atoms with Gasteiger partial charge in [0.25, 0.3) is 0 Å². The molecule has 1 aromatic heterocycles.